The zero-order chi connectivity index (χ0) is 18.1. The summed E-state index contributed by atoms with van der Waals surface area (Å²) in [7, 11) is 1.70. The molecule has 1 fully saturated rings. The van der Waals surface area contributed by atoms with Crippen LogP contribution in [-0.4, -0.2) is 55.8 Å². The molecule has 134 valence electrons. The van der Waals surface area contributed by atoms with E-state index in [1.54, 1.807) is 34.9 Å². The fraction of sp³-hybridized carbons (Fsp3) is 0.316. The first-order chi connectivity index (χ1) is 12.6. The van der Waals surface area contributed by atoms with Crippen molar-refractivity contribution >= 4 is 11.6 Å². The number of ether oxygens (including phenoxy) is 1. The highest BCUT2D eigenvalue weighted by Gasteiger charge is 2.40. The minimum Gasteiger partial charge on any atom is -0.488 e. The second-order valence-electron chi connectivity index (χ2n) is 6.47. The summed E-state index contributed by atoms with van der Waals surface area (Å²) in [6.07, 6.45) is 5.16. The van der Waals surface area contributed by atoms with Gasteiger partial charge >= 0.3 is 0 Å². The van der Waals surface area contributed by atoms with Crippen molar-refractivity contribution in [2.45, 2.75) is 31.1 Å². The lowest BCUT2D eigenvalue weighted by Crippen LogP contribution is -2.45. The van der Waals surface area contributed by atoms with Crippen LogP contribution in [0.1, 0.15) is 23.2 Å². The molecule has 1 aliphatic rings. The van der Waals surface area contributed by atoms with Crippen LogP contribution in [0.5, 0.6) is 5.75 Å². The minimum atomic E-state index is -0.751. The highest BCUT2D eigenvalue weighted by molar-refractivity contribution is 5.99. The lowest BCUT2D eigenvalue weighted by molar-refractivity contribution is 0.0167. The van der Waals surface area contributed by atoms with Gasteiger partial charge in [-0.2, -0.15) is 5.10 Å². The van der Waals surface area contributed by atoms with Crippen LogP contribution in [0.2, 0.25) is 0 Å². The van der Waals surface area contributed by atoms with Crippen LogP contribution in [0.15, 0.2) is 55.0 Å². The summed E-state index contributed by atoms with van der Waals surface area (Å²) in [5.74, 6) is 0.515. The molecule has 1 N–H and O–H groups in total. The van der Waals surface area contributed by atoms with Crippen LogP contribution in [0, 0.1) is 0 Å². The molecule has 3 aromatic rings. The number of amides is 1. The lowest BCUT2D eigenvalue weighted by Gasteiger charge is -2.28. The zero-order valence-electron chi connectivity index (χ0n) is 14.4. The number of aromatic nitrogens is 3. The Bertz CT molecular complexity index is 911. The van der Waals surface area contributed by atoms with E-state index >= 15 is 0 Å². The van der Waals surface area contributed by atoms with Gasteiger partial charge in [-0.3, -0.25) is 4.79 Å². The van der Waals surface area contributed by atoms with Gasteiger partial charge in [0.05, 0.1) is 12.2 Å². The van der Waals surface area contributed by atoms with Crippen LogP contribution in [0.25, 0.3) is 5.65 Å². The van der Waals surface area contributed by atoms with Crippen molar-refractivity contribution in [3.05, 3.63) is 60.6 Å². The van der Waals surface area contributed by atoms with Crippen molar-refractivity contribution in [3.63, 3.8) is 0 Å². The molecule has 0 spiro atoms. The number of fused-ring (bicyclic) bond motifs is 1. The van der Waals surface area contributed by atoms with E-state index in [0.717, 1.165) is 5.75 Å². The molecule has 2 aromatic heterocycles. The van der Waals surface area contributed by atoms with E-state index in [4.69, 9.17) is 4.74 Å². The Kier molecular flexibility index (Phi) is 4.30. The van der Waals surface area contributed by atoms with Crippen LogP contribution >= 0.6 is 0 Å². The maximum atomic E-state index is 12.9. The fourth-order valence-corrected chi connectivity index (χ4v) is 3.47. The minimum absolute atomic E-state index is 0.205. The number of rotatable bonds is 4. The predicted octanol–water partition coefficient (Wildman–Crippen LogP) is 1.77. The molecular weight excluding hydrogens is 332 g/mol. The van der Waals surface area contributed by atoms with Gasteiger partial charge in [-0.05, 0) is 31.0 Å². The van der Waals surface area contributed by atoms with Gasteiger partial charge in [0.25, 0.3) is 5.91 Å². The molecule has 7 heteroatoms. The Morgan fingerprint density at radius 3 is 2.88 bits per heavy atom. The molecule has 0 radical (unpaired) electrons. The molecule has 3 atom stereocenters. The third-order valence-corrected chi connectivity index (χ3v) is 4.88. The third kappa shape index (κ3) is 2.90. The van der Waals surface area contributed by atoms with E-state index in [1.165, 1.54) is 6.20 Å². The lowest BCUT2D eigenvalue weighted by atomic mass is 10.1. The van der Waals surface area contributed by atoms with E-state index in [0.29, 0.717) is 24.1 Å². The molecule has 1 saturated carbocycles. The van der Waals surface area contributed by atoms with Gasteiger partial charge in [-0.15, -0.1) is 0 Å². The Labute approximate surface area is 150 Å². The second-order valence-corrected chi connectivity index (χ2v) is 6.47. The first-order valence-electron chi connectivity index (χ1n) is 8.60. The van der Waals surface area contributed by atoms with Gasteiger partial charge in [-0.1, -0.05) is 18.2 Å². The van der Waals surface area contributed by atoms with E-state index in [9.17, 15) is 9.90 Å². The van der Waals surface area contributed by atoms with Crippen molar-refractivity contribution in [3.8, 4) is 5.75 Å². The summed E-state index contributed by atoms with van der Waals surface area (Å²) in [5, 5.41) is 14.8. The molecule has 2 heterocycles. The summed E-state index contributed by atoms with van der Waals surface area (Å²) in [6.45, 7) is 0. The van der Waals surface area contributed by atoms with Gasteiger partial charge in [0, 0.05) is 19.4 Å². The fourth-order valence-electron chi connectivity index (χ4n) is 3.47. The van der Waals surface area contributed by atoms with Crippen molar-refractivity contribution in [1.29, 1.82) is 0 Å². The Balaban J connectivity index is 1.49. The van der Waals surface area contributed by atoms with E-state index in [-0.39, 0.29) is 18.1 Å². The normalized spacial score (nSPS) is 22.5. The largest absolute Gasteiger partial charge is 0.488 e. The molecule has 0 bridgehead atoms. The van der Waals surface area contributed by atoms with Crippen LogP contribution in [0.4, 0.5) is 0 Å². The van der Waals surface area contributed by atoms with Gasteiger partial charge in [0.1, 0.15) is 23.5 Å². The quantitative estimate of drug-likeness (QED) is 0.774. The topological polar surface area (TPSA) is 80.0 Å². The van der Waals surface area contributed by atoms with E-state index in [1.807, 2.05) is 30.3 Å². The number of aliphatic hydroxyl groups excluding tert-OH is 1. The SMILES string of the molecule is CN(C(=O)c1cnn2cccnc12)[C@@H]1CC[C@H](Oc2ccccc2)[C@H]1O. The number of aliphatic hydroxyl groups is 1. The van der Waals surface area contributed by atoms with Crippen LogP contribution < -0.4 is 4.74 Å². The highest BCUT2D eigenvalue weighted by Crippen LogP contribution is 2.29. The van der Waals surface area contributed by atoms with Crippen LogP contribution in [0.3, 0.4) is 0 Å². The standard InChI is InChI=1S/C19H20N4O3/c1-22(19(25)14-12-21-23-11-5-10-20-18(14)23)15-8-9-16(17(15)24)26-13-6-3-2-4-7-13/h2-7,10-12,15-17,24H,8-9H2,1H3/t15-,16+,17+/m1/s1. The average molecular weight is 352 g/mol. The monoisotopic (exact) mass is 352 g/mol. The van der Waals surface area contributed by atoms with Gasteiger partial charge < -0.3 is 14.7 Å². The molecule has 1 aromatic carbocycles. The number of nitrogens with zero attached hydrogens (tertiary/aromatic N) is 4. The number of hydrogen-bond acceptors (Lipinski definition) is 5. The first-order valence-corrected chi connectivity index (χ1v) is 8.60. The maximum Gasteiger partial charge on any atom is 0.259 e. The number of likely N-dealkylation sites (N-methyl/N-ethyl adjacent to an activating group) is 1. The molecule has 26 heavy (non-hydrogen) atoms. The van der Waals surface area contributed by atoms with Crippen molar-refractivity contribution in [1.82, 2.24) is 19.5 Å². The number of para-hydroxylation sites is 1. The predicted molar refractivity (Wildman–Crippen MR) is 95.0 cm³/mol. The Morgan fingerprint density at radius 2 is 2.08 bits per heavy atom. The van der Waals surface area contributed by atoms with Crippen molar-refractivity contribution < 1.29 is 14.6 Å². The smallest absolute Gasteiger partial charge is 0.259 e. The van der Waals surface area contributed by atoms with Gasteiger partial charge in [-0.25, -0.2) is 9.50 Å². The Morgan fingerprint density at radius 1 is 1.27 bits per heavy atom. The summed E-state index contributed by atoms with van der Waals surface area (Å²) in [6, 6.07) is 10.9. The summed E-state index contributed by atoms with van der Waals surface area (Å²) in [4.78, 5) is 18.7. The van der Waals surface area contributed by atoms with Gasteiger partial charge in [0.2, 0.25) is 0 Å². The number of carbonyl (C=O) groups excluding carboxylic acids is 1. The third-order valence-electron chi connectivity index (χ3n) is 4.88. The molecule has 1 amide bonds. The molecule has 0 unspecified atom stereocenters. The molecule has 1 aliphatic carbocycles. The van der Waals surface area contributed by atoms with E-state index < -0.39 is 6.10 Å². The summed E-state index contributed by atoms with van der Waals surface area (Å²) < 4.78 is 7.45. The number of hydrogen-bond donors (Lipinski definition) is 1. The Hall–Kier alpha value is -2.93. The second kappa shape index (κ2) is 6.76. The van der Waals surface area contributed by atoms with Gasteiger partial charge in [0.15, 0.2) is 5.65 Å². The molecule has 0 saturated heterocycles. The molecular formula is C19H20N4O3. The summed E-state index contributed by atoms with van der Waals surface area (Å²) in [5.41, 5.74) is 0.932. The zero-order valence-corrected chi connectivity index (χ0v) is 14.4. The van der Waals surface area contributed by atoms with Crippen LogP contribution in [-0.2, 0) is 0 Å². The van der Waals surface area contributed by atoms with Crippen molar-refractivity contribution in [2.24, 2.45) is 0 Å². The molecule has 7 nitrogen and oxygen atoms in total. The average Bonchev–Trinajstić information content (AvgIpc) is 3.26. The first kappa shape index (κ1) is 16.5. The number of carbonyl (C=O) groups is 1. The molecule has 0 aliphatic heterocycles. The van der Waals surface area contributed by atoms with E-state index in [2.05, 4.69) is 10.1 Å². The summed E-state index contributed by atoms with van der Waals surface area (Å²) >= 11 is 0. The maximum absolute atomic E-state index is 12.9. The van der Waals surface area contributed by atoms with Crippen molar-refractivity contribution in [2.75, 3.05) is 7.05 Å². The molecule has 4 rings (SSSR count). The number of benzene rings is 1. The highest BCUT2D eigenvalue weighted by atomic mass is 16.5.